The fraction of sp³-hybridized carbons (Fsp3) is 0.500. The van der Waals surface area contributed by atoms with Gasteiger partial charge in [0, 0.05) is 36.8 Å². The fourth-order valence-electron chi connectivity index (χ4n) is 1.42. The summed E-state index contributed by atoms with van der Waals surface area (Å²) in [6, 6.07) is 6.31. The van der Waals surface area contributed by atoms with Crippen molar-refractivity contribution in [1.82, 2.24) is 4.90 Å². The molecule has 0 atom stereocenters. The van der Waals surface area contributed by atoms with E-state index in [2.05, 4.69) is 65.1 Å². The number of likely N-dealkylation sites (N-methyl/N-ethyl adjacent to an activating group) is 2. The first kappa shape index (κ1) is 13.5. The maximum absolute atomic E-state index is 5.62. The van der Waals surface area contributed by atoms with Gasteiger partial charge in [-0.2, -0.15) is 0 Å². The van der Waals surface area contributed by atoms with Crippen LogP contribution in [0.15, 0.2) is 22.7 Å². The molecule has 0 unspecified atom stereocenters. The average molecular weight is 286 g/mol. The molecule has 0 amide bonds. The van der Waals surface area contributed by atoms with Gasteiger partial charge in [-0.05, 0) is 31.8 Å². The summed E-state index contributed by atoms with van der Waals surface area (Å²) in [5.74, 6) is 0. The standard InChI is InChI=1S/C12H20BrN3/c1-15(2)6-7-16(3)11-5-4-10(9-14)12(13)8-11/h4-5,8H,6-7,9,14H2,1-3H3. The van der Waals surface area contributed by atoms with Crippen LogP contribution < -0.4 is 10.6 Å². The Kier molecular flexibility index (Phi) is 5.25. The molecule has 90 valence electrons. The van der Waals surface area contributed by atoms with Gasteiger partial charge in [-0.25, -0.2) is 0 Å². The molecule has 0 aliphatic carbocycles. The molecule has 4 heteroatoms. The van der Waals surface area contributed by atoms with E-state index in [1.807, 2.05) is 0 Å². The molecule has 1 aromatic rings. The smallest absolute Gasteiger partial charge is 0.0375 e. The van der Waals surface area contributed by atoms with Crippen molar-refractivity contribution < 1.29 is 0 Å². The first-order valence-corrected chi connectivity index (χ1v) is 6.18. The summed E-state index contributed by atoms with van der Waals surface area (Å²) in [5.41, 5.74) is 7.98. The van der Waals surface area contributed by atoms with Gasteiger partial charge in [-0.3, -0.25) is 0 Å². The van der Waals surface area contributed by atoms with E-state index in [1.165, 1.54) is 5.69 Å². The predicted octanol–water partition coefficient (Wildman–Crippen LogP) is 1.91. The third kappa shape index (κ3) is 3.77. The zero-order valence-electron chi connectivity index (χ0n) is 10.2. The summed E-state index contributed by atoms with van der Waals surface area (Å²) in [7, 11) is 6.27. The highest BCUT2D eigenvalue weighted by Crippen LogP contribution is 2.23. The molecule has 0 bridgehead atoms. The molecule has 0 aliphatic rings. The molecule has 0 heterocycles. The molecule has 1 aromatic carbocycles. The lowest BCUT2D eigenvalue weighted by atomic mass is 10.2. The normalized spacial score (nSPS) is 10.9. The Morgan fingerprint density at radius 1 is 1.19 bits per heavy atom. The maximum Gasteiger partial charge on any atom is 0.0375 e. The van der Waals surface area contributed by atoms with Crippen LogP contribution in [0.5, 0.6) is 0 Å². The molecule has 0 fully saturated rings. The third-order valence-electron chi connectivity index (χ3n) is 2.58. The maximum atomic E-state index is 5.62. The average Bonchev–Trinajstić information content (AvgIpc) is 2.25. The number of hydrogen-bond acceptors (Lipinski definition) is 3. The number of anilines is 1. The predicted molar refractivity (Wildman–Crippen MR) is 73.9 cm³/mol. The van der Waals surface area contributed by atoms with Crippen LogP contribution >= 0.6 is 15.9 Å². The fourth-order valence-corrected chi connectivity index (χ4v) is 1.95. The van der Waals surface area contributed by atoms with Crippen molar-refractivity contribution in [3.05, 3.63) is 28.2 Å². The SMILES string of the molecule is CN(C)CCN(C)c1ccc(CN)c(Br)c1. The van der Waals surface area contributed by atoms with Gasteiger partial charge in [0.05, 0.1) is 0 Å². The number of nitrogens with two attached hydrogens (primary N) is 1. The van der Waals surface area contributed by atoms with Crippen molar-refractivity contribution in [2.75, 3.05) is 39.1 Å². The number of rotatable bonds is 5. The minimum Gasteiger partial charge on any atom is -0.373 e. The van der Waals surface area contributed by atoms with Gasteiger partial charge in [0.1, 0.15) is 0 Å². The zero-order chi connectivity index (χ0) is 12.1. The monoisotopic (exact) mass is 285 g/mol. The van der Waals surface area contributed by atoms with Crippen LogP contribution in [0.3, 0.4) is 0 Å². The van der Waals surface area contributed by atoms with Crippen LogP contribution in [0.1, 0.15) is 5.56 Å². The molecule has 1 rings (SSSR count). The summed E-state index contributed by atoms with van der Waals surface area (Å²) < 4.78 is 1.09. The van der Waals surface area contributed by atoms with Crippen LogP contribution in [0.2, 0.25) is 0 Å². The minimum atomic E-state index is 0.572. The van der Waals surface area contributed by atoms with Crippen molar-refractivity contribution in [1.29, 1.82) is 0 Å². The Morgan fingerprint density at radius 3 is 2.38 bits per heavy atom. The van der Waals surface area contributed by atoms with Gasteiger partial charge < -0.3 is 15.5 Å². The summed E-state index contributed by atoms with van der Waals surface area (Å²) in [6.45, 7) is 2.64. The molecule has 0 saturated carbocycles. The number of nitrogens with zero attached hydrogens (tertiary/aromatic N) is 2. The molecule has 0 spiro atoms. The second-order valence-electron chi connectivity index (χ2n) is 4.20. The Balaban J connectivity index is 2.69. The van der Waals surface area contributed by atoms with Crippen molar-refractivity contribution in [3.8, 4) is 0 Å². The third-order valence-corrected chi connectivity index (χ3v) is 3.32. The van der Waals surface area contributed by atoms with E-state index in [1.54, 1.807) is 0 Å². The number of benzene rings is 1. The topological polar surface area (TPSA) is 32.5 Å². The van der Waals surface area contributed by atoms with E-state index in [0.29, 0.717) is 6.54 Å². The molecule has 0 aromatic heterocycles. The lowest BCUT2D eigenvalue weighted by Crippen LogP contribution is -2.28. The highest BCUT2D eigenvalue weighted by atomic mass is 79.9. The second kappa shape index (κ2) is 6.23. The highest BCUT2D eigenvalue weighted by Gasteiger charge is 2.04. The van der Waals surface area contributed by atoms with Gasteiger partial charge >= 0.3 is 0 Å². The summed E-state index contributed by atoms with van der Waals surface area (Å²) >= 11 is 3.54. The lowest BCUT2D eigenvalue weighted by molar-refractivity contribution is 0.416. The van der Waals surface area contributed by atoms with E-state index in [-0.39, 0.29) is 0 Å². The Labute approximate surface area is 106 Å². The van der Waals surface area contributed by atoms with Gasteiger partial charge in [0.25, 0.3) is 0 Å². The number of halogens is 1. The molecule has 2 N–H and O–H groups in total. The minimum absolute atomic E-state index is 0.572. The summed E-state index contributed by atoms with van der Waals surface area (Å²) in [6.07, 6.45) is 0. The van der Waals surface area contributed by atoms with E-state index in [0.717, 1.165) is 23.1 Å². The van der Waals surface area contributed by atoms with Crippen LogP contribution in [0.25, 0.3) is 0 Å². The molecular formula is C12H20BrN3. The summed E-state index contributed by atoms with van der Waals surface area (Å²) in [4.78, 5) is 4.42. The molecule has 0 radical (unpaired) electrons. The van der Waals surface area contributed by atoms with Crippen molar-refractivity contribution in [3.63, 3.8) is 0 Å². The van der Waals surface area contributed by atoms with Crippen LogP contribution in [0, 0.1) is 0 Å². The number of hydrogen-bond donors (Lipinski definition) is 1. The molecule has 0 saturated heterocycles. The Morgan fingerprint density at radius 2 is 1.88 bits per heavy atom. The van der Waals surface area contributed by atoms with E-state index in [4.69, 9.17) is 5.73 Å². The second-order valence-corrected chi connectivity index (χ2v) is 5.06. The van der Waals surface area contributed by atoms with Crippen LogP contribution in [-0.4, -0.2) is 39.1 Å². The van der Waals surface area contributed by atoms with Crippen LogP contribution in [0.4, 0.5) is 5.69 Å². The molecule has 0 aliphatic heterocycles. The summed E-state index contributed by atoms with van der Waals surface area (Å²) in [5, 5.41) is 0. The first-order valence-electron chi connectivity index (χ1n) is 5.39. The Bertz CT molecular complexity index is 339. The van der Waals surface area contributed by atoms with Crippen molar-refractivity contribution in [2.45, 2.75) is 6.54 Å². The van der Waals surface area contributed by atoms with E-state index >= 15 is 0 Å². The lowest BCUT2D eigenvalue weighted by Gasteiger charge is -2.22. The zero-order valence-corrected chi connectivity index (χ0v) is 11.8. The Hall–Kier alpha value is -0.580. The van der Waals surface area contributed by atoms with Crippen molar-refractivity contribution >= 4 is 21.6 Å². The molecule has 16 heavy (non-hydrogen) atoms. The van der Waals surface area contributed by atoms with Gasteiger partial charge in [0.2, 0.25) is 0 Å². The largest absolute Gasteiger partial charge is 0.373 e. The van der Waals surface area contributed by atoms with Gasteiger partial charge in [-0.15, -0.1) is 0 Å². The highest BCUT2D eigenvalue weighted by molar-refractivity contribution is 9.10. The van der Waals surface area contributed by atoms with E-state index < -0.39 is 0 Å². The van der Waals surface area contributed by atoms with E-state index in [9.17, 15) is 0 Å². The van der Waals surface area contributed by atoms with Gasteiger partial charge in [-0.1, -0.05) is 22.0 Å². The van der Waals surface area contributed by atoms with Gasteiger partial charge in [0.15, 0.2) is 0 Å². The quantitative estimate of drug-likeness (QED) is 0.897. The van der Waals surface area contributed by atoms with Crippen molar-refractivity contribution in [2.24, 2.45) is 5.73 Å². The molecular weight excluding hydrogens is 266 g/mol. The molecule has 3 nitrogen and oxygen atoms in total. The first-order chi connectivity index (χ1) is 7.54. The van der Waals surface area contributed by atoms with Crippen LogP contribution in [-0.2, 0) is 6.54 Å².